The van der Waals surface area contributed by atoms with Crippen molar-refractivity contribution >= 4 is 15.9 Å². The summed E-state index contributed by atoms with van der Waals surface area (Å²) in [6, 6.07) is 6.11. The summed E-state index contributed by atoms with van der Waals surface area (Å²) in [4.78, 5) is 0. The van der Waals surface area contributed by atoms with Gasteiger partial charge < -0.3 is 10.1 Å². The van der Waals surface area contributed by atoms with Crippen LogP contribution in [0, 0.1) is 0 Å². The number of ether oxygens (including phenoxy) is 1. The average Bonchev–Trinajstić information content (AvgIpc) is 2.80. The first-order valence-electron chi connectivity index (χ1n) is 6.98. The fourth-order valence-electron chi connectivity index (χ4n) is 1.92. The first-order chi connectivity index (χ1) is 9.85. The highest BCUT2D eigenvalue weighted by atomic mass is 79.9. The molecule has 0 radical (unpaired) electrons. The lowest BCUT2D eigenvalue weighted by Crippen LogP contribution is -2.35. The van der Waals surface area contributed by atoms with Crippen LogP contribution in [0.1, 0.15) is 31.9 Å². The molecule has 1 heterocycles. The molecule has 5 heteroatoms. The van der Waals surface area contributed by atoms with Gasteiger partial charge in [-0.25, -0.2) is 0 Å². The second-order valence-corrected chi connectivity index (χ2v) is 7.00. The molecule has 0 aliphatic carbocycles. The van der Waals surface area contributed by atoms with Gasteiger partial charge in [0.15, 0.2) is 0 Å². The standard InChI is InChI=1S/C16H22BrN3O/c1-16(2,3)18-9-13-6-5-7-14(17)15(13)21-11-12-8-19-20(4)10-12/h5-8,10,18H,9,11H2,1-4H3. The molecule has 2 aromatic rings. The Balaban J connectivity index is 2.10. The van der Waals surface area contributed by atoms with Crippen molar-refractivity contribution in [1.82, 2.24) is 15.1 Å². The Kier molecular flexibility index (Phi) is 5.06. The van der Waals surface area contributed by atoms with Crippen molar-refractivity contribution in [1.29, 1.82) is 0 Å². The number of hydrogen-bond acceptors (Lipinski definition) is 3. The van der Waals surface area contributed by atoms with Crippen LogP contribution in [-0.2, 0) is 20.2 Å². The number of aromatic nitrogens is 2. The van der Waals surface area contributed by atoms with Crippen molar-refractivity contribution in [3.8, 4) is 5.75 Å². The van der Waals surface area contributed by atoms with E-state index in [0.717, 1.165) is 27.9 Å². The van der Waals surface area contributed by atoms with Crippen molar-refractivity contribution in [2.24, 2.45) is 7.05 Å². The normalized spacial score (nSPS) is 11.7. The molecule has 4 nitrogen and oxygen atoms in total. The molecule has 0 saturated heterocycles. The van der Waals surface area contributed by atoms with Crippen LogP contribution < -0.4 is 10.1 Å². The van der Waals surface area contributed by atoms with Crippen molar-refractivity contribution in [3.63, 3.8) is 0 Å². The van der Waals surface area contributed by atoms with Crippen LogP contribution in [0.5, 0.6) is 5.75 Å². The Morgan fingerprint density at radius 3 is 2.71 bits per heavy atom. The van der Waals surface area contributed by atoms with E-state index in [1.165, 1.54) is 0 Å². The van der Waals surface area contributed by atoms with Gasteiger partial charge in [-0.05, 0) is 42.8 Å². The van der Waals surface area contributed by atoms with E-state index in [0.29, 0.717) is 6.61 Å². The monoisotopic (exact) mass is 351 g/mol. The SMILES string of the molecule is Cn1cc(COc2c(Br)cccc2CNC(C)(C)C)cn1. The fraction of sp³-hybridized carbons (Fsp3) is 0.438. The number of benzene rings is 1. The van der Waals surface area contributed by atoms with Gasteiger partial charge in [0.05, 0.1) is 10.7 Å². The Labute approximate surface area is 134 Å². The summed E-state index contributed by atoms with van der Waals surface area (Å²) in [7, 11) is 1.90. The largest absolute Gasteiger partial charge is 0.487 e. The molecule has 0 saturated carbocycles. The number of rotatable bonds is 5. The third kappa shape index (κ3) is 4.86. The molecule has 0 unspecified atom stereocenters. The summed E-state index contributed by atoms with van der Waals surface area (Å²) in [6.45, 7) is 7.74. The minimum Gasteiger partial charge on any atom is -0.487 e. The minimum atomic E-state index is 0.0724. The van der Waals surface area contributed by atoms with Gasteiger partial charge in [0.25, 0.3) is 0 Å². The third-order valence-corrected chi connectivity index (χ3v) is 3.62. The molecule has 0 atom stereocenters. The first kappa shape index (κ1) is 16.0. The van der Waals surface area contributed by atoms with E-state index < -0.39 is 0 Å². The van der Waals surface area contributed by atoms with Gasteiger partial charge in [-0.15, -0.1) is 0 Å². The number of hydrogen-bond donors (Lipinski definition) is 1. The van der Waals surface area contributed by atoms with E-state index >= 15 is 0 Å². The fourth-order valence-corrected chi connectivity index (χ4v) is 2.44. The predicted molar refractivity (Wildman–Crippen MR) is 88.3 cm³/mol. The molecule has 1 aromatic carbocycles. The van der Waals surface area contributed by atoms with E-state index in [1.54, 1.807) is 4.68 Å². The second kappa shape index (κ2) is 6.62. The average molecular weight is 352 g/mol. The van der Waals surface area contributed by atoms with Crippen LogP contribution in [0.15, 0.2) is 35.1 Å². The molecule has 21 heavy (non-hydrogen) atoms. The highest BCUT2D eigenvalue weighted by Crippen LogP contribution is 2.30. The molecule has 0 amide bonds. The number of nitrogens with one attached hydrogen (secondary N) is 1. The van der Waals surface area contributed by atoms with E-state index in [4.69, 9.17) is 4.74 Å². The van der Waals surface area contributed by atoms with Gasteiger partial charge in [-0.3, -0.25) is 4.68 Å². The lowest BCUT2D eigenvalue weighted by atomic mass is 10.1. The quantitative estimate of drug-likeness (QED) is 0.893. The van der Waals surface area contributed by atoms with Crippen molar-refractivity contribution in [2.45, 2.75) is 39.5 Å². The van der Waals surface area contributed by atoms with Gasteiger partial charge in [0.1, 0.15) is 12.4 Å². The van der Waals surface area contributed by atoms with Gasteiger partial charge in [-0.2, -0.15) is 5.10 Å². The summed E-state index contributed by atoms with van der Waals surface area (Å²) < 4.78 is 8.74. The van der Waals surface area contributed by atoms with Crippen LogP contribution >= 0.6 is 15.9 Å². The second-order valence-electron chi connectivity index (χ2n) is 6.14. The summed E-state index contributed by atoms with van der Waals surface area (Å²) in [5.41, 5.74) is 2.27. The van der Waals surface area contributed by atoms with Crippen molar-refractivity contribution in [3.05, 3.63) is 46.2 Å². The number of para-hydroxylation sites is 1. The minimum absolute atomic E-state index is 0.0724. The molecule has 0 fully saturated rings. The molecule has 114 valence electrons. The molecule has 0 aliphatic heterocycles. The maximum absolute atomic E-state index is 5.99. The van der Waals surface area contributed by atoms with E-state index in [2.05, 4.69) is 53.2 Å². The zero-order chi connectivity index (χ0) is 15.5. The topological polar surface area (TPSA) is 39.1 Å². The summed E-state index contributed by atoms with van der Waals surface area (Å²) in [6.07, 6.45) is 3.79. The Bertz CT molecular complexity index is 602. The lowest BCUT2D eigenvalue weighted by Gasteiger charge is -2.22. The molecule has 0 aliphatic rings. The molecule has 0 bridgehead atoms. The van der Waals surface area contributed by atoms with Gasteiger partial charge in [0, 0.05) is 36.5 Å². The van der Waals surface area contributed by atoms with E-state index in [1.807, 2.05) is 31.6 Å². The molecule has 0 spiro atoms. The van der Waals surface area contributed by atoms with Crippen LogP contribution in [0.25, 0.3) is 0 Å². The highest BCUT2D eigenvalue weighted by Gasteiger charge is 2.13. The van der Waals surface area contributed by atoms with Crippen LogP contribution in [0.3, 0.4) is 0 Å². The van der Waals surface area contributed by atoms with Crippen LogP contribution in [0.4, 0.5) is 0 Å². The number of nitrogens with zero attached hydrogens (tertiary/aromatic N) is 2. The maximum Gasteiger partial charge on any atom is 0.138 e. The molecule has 2 rings (SSSR count). The molecule has 1 N–H and O–H groups in total. The smallest absolute Gasteiger partial charge is 0.138 e. The van der Waals surface area contributed by atoms with Crippen LogP contribution in [0.2, 0.25) is 0 Å². The summed E-state index contributed by atoms with van der Waals surface area (Å²) in [5, 5.41) is 7.65. The predicted octanol–water partition coefficient (Wildman–Crippen LogP) is 3.65. The first-order valence-corrected chi connectivity index (χ1v) is 7.77. The molecular formula is C16H22BrN3O. The highest BCUT2D eigenvalue weighted by molar-refractivity contribution is 9.10. The van der Waals surface area contributed by atoms with Gasteiger partial charge in [0.2, 0.25) is 0 Å². The lowest BCUT2D eigenvalue weighted by molar-refractivity contribution is 0.298. The van der Waals surface area contributed by atoms with Crippen molar-refractivity contribution in [2.75, 3.05) is 0 Å². The van der Waals surface area contributed by atoms with E-state index in [9.17, 15) is 0 Å². The molecule has 1 aromatic heterocycles. The molecular weight excluding hydrogens is 330 g/mol. The summed E-state index contributed by atoms with van der Waals surface area (Å²) >= 11 is 3.57. The van der Waals surface area contributed by atoms with Crippen LogP contribution in [-0.4, -0.2) is 15.3 Å². The van der Waals surface area contributed by atoms with Gasteiger partial charge >= 0.3 is 0 Å². The number of halogens is 1. The summed E-state index contributed by atoms with van der Waals surface area (Å²) in [5.74, 6) is 0.887. The number of aryl methyl sites for hydroxylation is 1. The van der Waals surface area contributed by atoms with Crippen molar-refractivity contribution < 1.29 is 4.74 Å². The maximum atomic E-state index is 5.99. The van der Waals surface area contributed by atoms with Gasteiger partial charge in [-0.1, -0.05) is 12.1 Å². The zero-order valence-electron chi connectivity index (χ0n) is 13.0. The Morgan fingerprint density at radius 1 is 1.33 bits per heavy atom. The van der Waals surface area contributed by atoms with E-state index in [-0.39, 0.29) is 5.54 Å². The third-order valence-electron chi connectivity index (χ3n) is 3.00. The Morgan fingerprint density at radius 2 is 2.10 bits per heavy atom. The zero-order valence-corrected chi connectivity index (χ0v) is 14.6. The Hall–Kier alpha value is -1.33.